The summed E-state index contributed by atoms with van der Waals surface area (Å²) >= 11 is 0. The zero-order valence-corrected chi connectivity index (χ0v) is 17.5. The van der Waals surface area contributed by atoms with Crippen LogP contribution in [0.3, 0.4) is 0 Å². The van der Waals surface area contributed by atoms with Gasteiger partial charge in [-0.1, -0.05) is 68.9 Å². The van der Waals surface area contributed by atoms with Gasteiger partial charge in [0.05, 0.1) is 12.8 Å². The summed E-state index contributed by atoms with van der Waals surface area (Å²) in [6.45, 7) is 4.88. The first kappa shape index (κ1) is 22.5. The van der Waals surface area contributed by atoms with Crippen molar-refractivity contribution in [2.24, 2.45) is 5.10 Å². The van der Waals surface area contributed by atoms with E-state index in [0.29, 0.717) is 5.75 Å². The predicted octanol–water partition coefficient (Wildman–Crippen LogP) is 5.26. The van der Waals surface area contributed by atoms with Gasteiger partial charge in [-0.25, -0.2) is 5.43 Å². The van der Waals surface area contributed by atoms with Crippen molar-refractivity contribution in [3.8, 4) is 11.5 Å². The van der Waals surface area contributed by atoms with Crippen molar-refractivity contribution >= 4 is 12.1 Å². The Labute approximate surface area is 174 Å². The monoisotopic (exact) mass is 396 g/mol. The Morgan fingerprint density at radius 1 is 0.897 bits per heavy atom. The highest BCUT2D eigenvalue weighted by molar-refractivity contribution is 5.82. The minimum atomic E-state index is -0.309. The molecule has 0 aliphatic heterocycles. The molecule has 0 aliphatic rings. The molecule has 0 unspecified atom stereocenters. The summed E-state index contributed by atoms with van der Waals surface area (Å²) in [5, 5.41) is 3.94. The highest BCUT2D eigenvalue weighted by atomic mass is 16.5. The summed E-state index contributed by atoms with van der Waals surface area (Å²) in [5.41, 5.74) is 4.56. The first-order valence-electron chi connectivity index (χ1n) is 10.4. The molecule has 0 fully saturated rings. The van der Waals surface area contributed by atoms with E-state index in [1.54, 1.807) is 18.3 Å². The van der Waals surface area contributed by atoms with E-state index >= 15 is 0 Å². The quantitative estimate of drug-likeness (QED) is 0.285. The third-order valence-electron chi connectivity index (χ3n) is 4.44. The van der Waals surface area contributed by atoms with Crippen LogP contribution >= 0.6 is 0 Å². The molecule has 2 aromatic carbocycles. The van der Waals surface area contributed by atoms with Crippen molar-refractivity contribution in [2.45, 2.75) is 52.4 Å². The van der Waals surface area contributed by atoms with Gasteiger partial charge in [0.25, 0.3) is 5.91 Å². The molecule has 0 bridgehead atoms. The summed E-state index contributed by atoms with van der Waals surface area (Å²) in [7, 11) is 0. The van der Waals surface area contributed by atoms with Gasteiger partial charge in [-0.05, 0) is 43.2 Å². The smallest absolute Gasteiger partial charge is 0.277 e. The highest BCUT2D eigenvalue weighted by Gasteiger charge is 2.02. The molecule has 1 N–H and O–H groups in total. The number of benzene rings is 2. The van der Waals surface area contributed by atoms with Crippen LogP contribution in [0.1, 0.15) is 56.6 Å². The van der Waals surface area contributed by atoms with Gasteiger partial charge in [-0.2, -0.15) is 5.10 Å². The van der Waals surface area contributed by atoms with Crippen molar-refractivity contribution in [3.63, 3.8) is 0 Å². The lowest BCUT2D eigenvalue weighted by Crippen LogP contribution is -2.24. The maximum atomic E-state index is 11.8. The molecule has 0 saturated heterocycles. The lowest BCUT2D eigenvalue weighted by molar-refractivity contribution is -0.123. The van der Waals surface area contributed by atoms with Crippen LogP contribution < -0.4 is 14.9 Å². The van der Waals surface area contributed by atoms with Crippen LogP contribution in [-0.4, -0.2) is 25.3 Å². The normalized spacial score (nSPS) is 10.8. The van der Waals surface area contributed by atoms with E-state index in [-0.39, 0.29) is 12.5 Å². The fourth-order valence-electron chi connectivity index (χ4n) is 2.72. The summed E-state index contributed by atoms with van der Waals surface area (Å²) in [5.74, 6) is 1.13. The van der Waals surface area contributed by atoms with Gasteiger partial charge in [0.15, 0.2) is 6.61 Å². The van der Waals surface area contributed by atoms with Crippen molar-refractivity contribution in [1.82, 2.24) is 5.43 Å². The van der Waals surface area contributed by atoms with E-state index in [2.05, 4.69) is 17.5 Å². The number of hydrogen-bond donors (Lipinski definition) is 1. The van der Waals surface area contributed by atoms with Crippen molar-refractivity contribution < 1.29 is 14.3 Å². The van der Waals surface area contributed by atoms with Crippen molar-refractivity contribution in [1.29, 1.82) is 0 Å². The second-order valence-electron chi connectivity index (χ2n) is 7.08. The molecule has 5 nitrogen and oxygen atoms in total. The van der Waals surface area contributed by atoms with Gasteiger partial charge < -0.3 is 9.47 Å². The summed E-state index contributed by atoms with van der Waals surface area (Å²) in [6, 6.07) is 15.2. The topological polar surface area (TPSA) is 59.9 Å². The molecule has 0 radical (unpaired) electrons. The van der Waals surface area contributed by atoms with Gasteiger partial charge in [0.1, 0.15) is 11.5 Å². The summed E-state index contributed by atoms with van der Waals surface area (Å²) in [6.07, 6.45) is 9.07. The van der Waals surface area contributed by atoms with Gasteiger partial charge in [-0.15, -0.1) is 0 Å². The van der Waals surface area contributed by atoms with Crippen LogP contribution in [0.2, 0.25) is 0 Å². The first-order valence-corrected chi connectivity index (χ1v) is 10.4. The molecule has 0 aromatic heterocycles. The Kier molecular flexibility index (Phi) is 10.4. The molecule has 0 atom stereocenters. The van der Waals surface area contributed by atoms with E-state index in [0.717, 1.165) is 24.3 Å². The Morgan fingerprint density at radius 3 is 2.21 bits per heavy atom. The van der Waals surface area contributed by atoms with Crippen LogP contribution in [0.5, 0.6) is 11.5 Å². The number of unbranched alkanes of at least 4 members (excludes halogenated alkanes) is 5. The molecule has 0 spiro atoms. The van der Waals surface area contributed by atoms with E-state index in [9.17, 15) is 4.79 Å². The van der Waals surface area contributed by atoms with E-state index in [1.807, 2.05) is 43.3 Å². The number of amides is 1. The van der Waals surface area contributed by atoms with Gasteiger partial charge in [0, 0.05) is 0 Å². The predicted molar refractivity (Wildman–Crippen MR) is 118 cm³/mol. The van der Waals surface area contributed by atoms with Crippen molar-refractivity contribution in [3.05, 3.63) is 59.7 Å². The minimum Gasteiger partial charge on any atom is -0.494 e. The highest BCUT2D eigenvalue weighted by Crippen LogP contribution is 2.18. The molecular formula is C24H32N2O3. The molecular weight excluding hydrogens is 364 g/mol. The van der Waals surface area contributed by atoms with Crippen molar-refractivity contribution in [2.75, 3.05) is 13.2 Å². The van der Waals surface area contributed by atoms with E-state index < -0.39 is 0 Å². The Morgan fingerprint density at radius 2 is 1.52 bits per heavy atom. The van der Waals surface area contributed by atoms with E-state index in [1.165, 1.54) is 37.7 Å². The SMILES string of the molecule is CCCCCCCCOc1ccc(OCC(=O)N/N=C\c2ccc(C)cc2)cc1. The first-order chi connectivity index (χ1) is 14.2. The number of aryl methyl sites for hydroxylation is 1. The molecule has 0 aliphatic carbocycles. The second kappa shape index (κ2) is 13.4. The average molecular weight is 397 g/mol. The molecule has 2 rings (SSSR count). The molecule has 29 heavy (non-hydrogen) atoms. The Bertz CT molecular complexity index is 740. The zero-order valence-electron chi connectivity index (χ0n) is 17.5. The number of hydrogen-bond acceptors (Lipinski definition) is 4. The van der Waals surface area contributed by atoms with E-state index in [4.69, 9.17) is 9.47 Å². The van der Waals surface area contributed by atoms with Gasteiger partial charge >= 0.3 is 0 Å². The van der Waals surface area contributed by atoms with Gasteiger partial charge in [0.2, 0.25) is 0 Å². The number of carbonyl (C=O) groups excluding carboxylic acids is 1. The fourth-order valence-corrected chi connectivity index (χ4v) is 2.72. The number of hydrazone groups is 1. The molecule has 156 valence electrons. The number of rotatable bonds is 13. The number of ether oxygens (including phenoxy) is 2. The Balaban J connectivity index is 1.61. The van der Waals surface area contributed by atoms with Crippen LogP contribution in [0, 0.1) is 6.92 Å². The lowest BCUT2D eigenvalue weighted by Gasteiger charge is -2.08. The third kappa shape index (κ3) is 9.79. The molecule has 2 aromatic rings. The maximum Gasteiger partial charge on any atom is 0.277 e. The maximum absolute atomic E-state index is 11.8. The number of nitrogens with one attached hydrogen (secondary N) is 1. The Hall–Kier alpha value is -2.82. The minimum absolute atomic E-state index is 0.0940. The standard InChI is InChI=1S/C24H32N2O3/c1-3-4-5-6-7-8-17-28-22-13-15-23(16-14-22)29-19-24(27)26-25-18-21-11-9-20(2)10-12-21/h9-16,18H,3-8,17,19H2,1-2H3,(H,26,27)/b25-18-. The largest absolute Gasteiger partial charge is 0.494 e. The molecule has 1 amide bonds. The summed E-state index contributed by atoms with van der Waals surface area (Å²) < 4.78 is 11.2. The molecule has 0 heterocycles. The van der Waals surface area contributed by atoms with Crippen LogP contribution in [-0.2, 0) is 4.79 Å². The number of carbonyl (C=O) groups is 1. The average Bonchev–Trinajstić information content (AvgIpc) is 2.74. The van der Waals surface area contributed by atoms with Crippen LogP contribution in [0.25, 0.3) is 0 Å². The lowest BCUT2D eigenvalue weighted by atomic mass is 10.1. The van der Waals surface area contributed by atoms with Crippen LogP contribution in [0.4, 0.5) is 0 Å². The number of nitrogens with zero attached hydrogens (tertiary/aromatic N) is 1. The third-order valence-corrected chi connectivity index (χ3v) is 4.44. The second-order valence-corrected chi connectivity index (χ2v) is 7.08. The molecule has 5 heteroatoms. The van der Waals surface area contributed by atoms with Crippen LogP contribution in [0.15, 0.2) is 53.6 Å². The zero-order chi connectivity index (χ0) is 20.7. The summed E-state index contributed by atoms with van der Waals surface area (Å²) in [4.78, 5) is 11.8. The fraction of sp³-hybridized carbons (Fsp3) is 0.417. The molecule has 0 saturated carbocycles. The van der Waals surface area contributed by atoms with Gasteiger partial charge in [-0.3, -0.25) is 4.79 Å².